The number of likely N-dealkylation sites (tertiary alicyclic amines) is 1. The molecular formula is C12H27N. The molecule has 1 unspecified atom stereocenters. The minimum absolute atomic E-state index is 0.948. The topological polar surface area (TPSA) is 3.24 Å². The predicted molar refractivity (Wildman–Crippen MR) is 61.0 cm³/mol. The van der Waals surface area contributed by atoms with E-state index < -0.39 is 0 Å². The van der Waals surface area contributed by atoms with Crippen molar-refractivity contribution in [3.05, 3.63) is 0 Å². The van der Waals surface area contributed by atoms with E-state index in [4.69, 9.17) is 0 Å². The van der Waals surface area contributed by atoms with Crippen molar-refractivity contribution < 1.29 is 0 Å². The molecule has 0 aromatic heterocycles. The van der Waals surface area contributed by atoms with Gasteiger partial charge in [-0.3, -0.25) is 0 Å². The zero-order chi connectivity index (χ0) is 10.3. The highest BCUT2D eigenvalue weighted by atomic mass is 15.1. The van der Waals surface area contributed by atoms with Gasteiger partial charge in [0.1, 0.15) is 0 Å². The van der Waals surface area contributed by atoms with Crippen molar-refractivity contribution in [2.24, 2.45) is 11.8 Å². The molecule has 1 heteroatoms. The normalized spacial score (nSPS) is 21.9. The van der Waals surface area contributed by atoms with Crippen molar-refractivity contribution >= 4 is 0 Å². The van der Waals surface area contributed by atoms with Crippen molar-refractivity contribution in [3.8, 4) is 0 Å². The van der Waals surface area contributed by atoms with Gasteiger partial charge in [0.2, 0.25) is 0 Å². The molecule has 1 rings (SSSR count). The average molecular weight is 185 g/mol. The lowest BCUT2D eigenvalue weighted by Crippen LogP contribution is -2.32. The summed E-state index contributed by atoms with van der Waals surface area (Å²) >= 11 is 0. The van der Waals surface area contributed by atoms with Crippen LogP contribution in [-0.4, -0.2) is 25.0 Å². The first-order chi connectivity index (χ1) is 6.24. The number of nitrogens with zero attached hydrogens (tertiary/aromatic N) is 1. The van der Waals surface area contributed by atoms with E-state index in [1.54, 1.807) is 0 Å². The Bertz CT molecular complexity index is 104. The minimum atomic E-state index is 0.948. The Morgan fingerprint density at radius 1 is 1.23 bits per heavy atom. The van der Waals surface area contributed by atoms with Crippen molar-refractivity contribution in [3.63, 3.8) is 0 Å². The molecule has 0 spiro atoms. The molecule has 1 atom stereocenters. The van der Waals surface area contributed by atoms with Crippen LogP contribution in [0.1, 0.15) is 47.0 Å². The Hall–Kier alpha value is -0.0400. The van der Waals surface area contributed by atoms with Gasteiger partial charge in [0.25, 0.3) is 0 Å². The number of piperidine rings is 1. The molecule has 80 valence electrons. The molecule has 1 fully saturated rings. The Balaban J connectivity index is 0.000000671. The maximum absolute atomic E-state index is 2.44. The first-order valence-corrected chi connectivity index (χ1v) is 5.92. The first-order valence-electron chi connectivity index (χ1n) is 5.92. The molecule has 0 bridgehead atoms. The molecule has 0 radical (unpaired) electrons. The molecule has 1 heterocycles. The maximum Gasteiger partial charge on any atom is -0.00190 e. The fourth-order valence-electron chi connectivity index (χ4n) is 1.93. The summed E-state index contributed by atoms with van der Waals surface area (Å²) in [6, 6.07) is 0. The van der Waals surface area contributed by atoms with E-state index in [0.717, 1.165) is 11.8 Å². The largest absolute Gasteiger partial charge is 0.306 e. The Kier molecular flexibility index (Phi) is 7.35. The molecule has 1 aliphatic rings. The van der Waals surface area contributed by atoms with Gasteiger partial charge in [-0.1, -0.05) is 34.1 Å². The maximum atomic E-state index is 2.44. The van der Waals surface area contributed by atoms with E-state index in [1.165, 1.54) is 32.4 Å². The molecular weight excluding hydrogens is 158 g/mol. The second-order valence-electron chi connectivity index (χ2n) is 4.03. The minimum Gasteiger partial charge on any atom is -0.306 e. The van der Waals surface area contributed by atoms with E-state index in [2.05, 4.69) is 25.8 Å². The quantitative estimate of drug-likeness (QED) is 0.637. The van der Waals surface area contributed by atoms with Gasteiger partial charge in [-0.25, -0.2) is 0 Å². The molecule has 13 heavy (non-hydrogen) atoms. The van der Waals surface area contributed by atoms with Crippen LogP contribution < -0.4 is 0 Å². The van der Waals surface area contributed by atoms with Crippen molar-refractivity contribution in [2.75, 3.05) is 20.1 Å². The van der Waals surface area contributed by atoms with Crippen LogP contribution in [-0.2, 0) is 0 Å². The molecule has 0 saturated carbocycles. The van der Waals surface area contributed by atoms with Gasteiger partial charge in [-0.2, -0.15) is 0 Å². The van der Waals surface area contributed by atoms with Gasteiger partial charge in [-0.15, -0.1) is 0 Å². The molecule has 0 aromatic carbocycles. The van der Waals surface area contributed by atoms with Crippen LogP contribution in [0, 0.1) is 11.8 Å². The number of rotatable bonds is 2. The highest BCUT2D eigenvalue weighted by Crippen LogP contribution is 2.25. The number of hydrogen-bond donors (Lipinski definition) is 0. The summed E-state index contributed by atoms with van der Waals surface area (Å²) in [5.41, 5.74) is 0. The summed E-state index contributed by atoms with van der Waals surface area (Å²) in [6.45, 7) is 11.3. The second-order valence-corrected chi connectivity index (χ2v) is 4.03. The van der Waals surface area contributed by atoms with Crippen LogP contribution in [0.3, 0.4) is 0 Å². The standard InChI is InChI=1S/C10H21N.C2H6/c1-4-9(2)10-5-7-11(3)8-6-10;1-2/h9-10H,4-8H2,1-3H3;1-2H3. The lowest BCUT2D eigenvalue weighted by atomic mass is 9.84. The lowest BCUT2D eigenvalue weighted by Gasteiger charge is -2.32. The van der Waals surface area contributed by atoms with E-state index in [-0.39, 0.29) is 0 Å². The molecule has 0 amide bonds. The SMILES string of the molecule is CC.CCC(C)C1CCN(C)CC1. The summed E-state index contributed by atoms with van der Waals surface area (Å²) in [5.74, 6) is 1.96. The summed E-state index contributed by atoms with van der Waals surface area (Å²) in [4.78, 5) is 2.44. The van der Waals surface area contributed by atoms with Crippen LogP contribution in [0.25, 0.3) is 0 Å². The van der Waals surface area contributed by atoms with E-state index in [0.29, 0.717) is 0 Å². The fourth-order valence-corrected chi connectivity index (χ4v) is 1.93. The zero-order valence-corrected chi connectivity index (χ0v) is 10.1. The molecule has 1 nitrogen and oxygen atoms in total. The van der Waals surface area contributed by atoms with E-state index >= 15 is 0 Å². The van der Waals surface area contributed by atoms with Gasteiger partial charge < -0.3 is 4.90 Å². The molecule has 0 N–H and O–H groups in total. The highest BCUT2D eigenvalue weighted by Gasteiger charge is 2.20. The molecule has 1 saturated heterocycles. The first kappa shape index (κ1) is 13.0. The Labute approximate surface area is 84.5 Å². The Morgan fingerprint density at radius 3 is 2.08 bits per heavy atom. The van der Waals surface area contributed by atoms with Gasteiger partial charge >= 0.3 is 0 Å². The lowest BCUT2D eigenvalue weighted by molar-refractivity contribution is 0.175. The van der Waals surface area contributed by atoms with Crippen LogP contribution in [0.15, 0.2) is 0 Å². The highest BCUT2D eigenvalue weighted by molar-refractivity contribution is 4.73. The van der Waals surface area contributed by atoms with Gasteiger partial charge in [0.05, 0.1) is 0 Å². The molecule has 0 aliphatic carbocycles. The van der Waals surface area contributed by atoms with Crippen molar-refractivity contribution in [1.29, 1.82) is 0 Å². The van der Waals surface area contributed by atoms with Crippen LogP contribution >= 0.6 is 0 Å². The predicted octanol–water partition coefficient (Wildman–Crippen LogP) is 3.40. The summed E-state index contributed by atoms with van der Waals surface area (Å²) < 4.78 is 0. The third-order valence-corrected chi connectivity index (χ3v) is 3.21. The smallest absolute Gasteiger partial charge is 0.00190 e. The second kappa shape index (κ2) is 7.37. The average Bonchev–Trinajstić information content (AvgIpc) is 2.21. The third-order valence-electron chi connectivity index (χ3n) is 3.21. The molecule has 0 aromatic rings. The van der Waals surface area contributed by atoms with Gasteiger partial charge in [0.15, 0.2) is 0 Å². The zero-order valence-electron chi connectivity index (χ0n) is 10.1. The van der Waals surface area contributed by atoms with Crippen molar-refractivity contribution in [2.45, 2.75) is 47.0 Å². The summed E-state index contributed by atoms with van der Waals surface area (Å²) in [7, 11) is 2.23. The van der Waals surface area contributed by atoms with Gasteiger partial charge in [0, 0.05) is 0 Å². The van der Waals surface area contributed by atoms with Crippen molar-refractivity contribution in [1.82, 2.24) is 4.90 Å². The van der Waals surface area contributed by atoms with Crippen LogP contribution in [0.4, 0.5) is 0 Å². The fraction of sp³-hybridized carbons (Fsp3) is 1.00. The van der Waals surface area contributed by atoms with E-state index in [9.17, 15) is 0 Å². The summed E-state index contributed by atoms with van der Waals surface area (Å²) in [5, 5.41) is 0. The third kappa shape index (κ3) is 4.66. The van der Waals surface area contributed by atoms with Crippen LogP contribution in [0.2, 0.25) is 0 Å². The van der Waals surface area contributed by atoms with E-state index in [1.807, 2.05) is 13.8 Å². The monoisotopic (exact) mass is 185 g/mol. The Morgan fingerprint density at radius 2 is 1.69 bits per heavy atom. The van der Waals surface area contributed by atoms with Crippen LogP contribution in [0.5, 0.6) is 0 Å². The van der Waals surface area contributed by atoms with Gasteiger partial charge in [-0.05, 0) is 44.8 Å². The summed E-state index contributed by atoms with van der Waals surface area (Å²) in [6.07, 6.45) is 4.20. The number of hydrogen-bond acceptors (Lipinski definition) is 1. The molecule has 1 aliphatic heterocycles.